The third-order valence-corrected chi connectivity index (χ3v) is 12.5. The van der Waals surface area contributed by atoms with Gasteiger partial charge in [-0.25, -0.2) is 9.59 Å². The Balaban J connectivity index is 1.47. The highest BCUT2D eigenvalue weighted by molar-refractivity contribution is 6.02. The molecule has 0 aromatic heterocycles. The third kappa shape index (κ3) is 7.26. The summed E-state index contributed by atoms with van der Waals surface area (Å²) in [6, 6.07) is 15.8. The number of nitrogens with one attached hydrogen (secondary N) is 1. The van der Waals surface area contributed by atoms with E-state index >= 15 is 0 Å². The van der Waals surface area contributed by atoms with Crippen LogP contribution in [0.3, 0.4) is 0 Å². The lowest BCUT2D eigenvalue weighted by Crippen LogP contribution is -2.82. The van der Waals surface area contributed by atoms with Crippen molar-refractivity contribution in [2.45, 2.75) is 128 Å². The van der Waals surface area contributed by atoms with Crippen molar-refractivity contribution in [2.75, 3.05) is 6.61 Å². The van der Waals surface area contributed by atoms with Crippen molar-refractivity contribution in [3.8, 4) is 0 Å². The number of rotatable bonds is 8. The molecule has 1 heterocycles. The van der Waals surface area contributed by atoms with Crippen LogP contribution in [0, 0.1) is 16.7 Å². The molecule has 2 aromatic carbocycles. The molecule has 1 unspecified atom stereocenters. The monoisotopic (exact) mass is 791 g/mol. The number of ketones is 1. The van der Waals surface area contributed by atoms with Crippen molar-refractivity contribution in [1.82, 2.24) is 5.32 Å². The largest absolute Gasteiger partial charge is 0.458 e. The van der Waals surface area contributed by atoms with E-state index in [2.05, 4.69) is 5.32 Å². The Kier molecular flexibility index (Phi) is 11.0. The molecule has 2 bridgehead atoms. The Labute approximate surface area is 331 Å². The molecule has 1 amide bonds. The molecule has 1 saturated heterocycles. The predicted molar refractivity (Wildman–Crippen MR) is 202 cm³/mol. The molecular formula is C43H53NO13. The van der Waals surface area contributed by atoms with E-state index in [0.717, 1.165) is 0 Å². The van der Waals surface area contributed by atoms with Crippen LogP contribution in [0.25, 0.3) is 0 Å². The summed E-state index contributed by atoms with van der Waals surface area (Å²) in [5, 5.41) is 40.3. The van der Waals surface area contributed by atoms with Gasteiger partial charge in [0.25, 0.3) is 0 Å². The molecule has 2 aromatic rings. The molecule has 2 saturated carbocycles. The van der Waals surface area contributed by atoms with Gasteiger partial charge in [0.2, 0.25) is 0 Å². The molecular weight excluding hydrogens is 738 g/mol. The fourth-order valence-electron chi connectivity index (χ4n) is 9.52. The summed E-state index contributed by atoms with van der Waals surface area (Å²) in [4.78, 5) is 68.7. The number of hydrogen-bond acceptors (Lipinski definition) is 13. The summed E-state index contributed by atoms with van der Waals surface area (Å²) in [5.74, 6) is -4.69. The van der Waals surface area contributed by atoms with Gasteiger partial charge in [0.05, 0.1) is 36.7 Å². The molecule has 6 rings (SSSR count). The molecule has 0 radical (unpaired) electrons. The van der Waals surface area contributed by atoms with E-state index in [0.29, 0.717) is 5.56 Å². The lowest BCUT2D eigenvalue weighted by molar-refractivity contribution is -0.357. The van der Waals surface area contributed by atoms with E-state index in [4.69, 9.17) is 23.7 Å². The highest BCUT2D eigenvalue weighted by Gasteiger charge is 2.78. The van der Waals surface area contributed by atoms with Crippen molar-refractivity contribution in [2.24, 2.45) is 16.7 Å². The standard InChI is InChI=1S/C43H53NO13/c1-23-28(54-31(47)19-27(25-15-11-9-12-16-25)44-38(51)57-39(3,4)5)21-43(52)36(55-37(50)26-17-13-10-14-18-26)34-41(8,35(49)33(48)32(23)40(43,6)7)29(46)20-30-42(34,22-53-30)56-24(2)45/h9-18,27-30,34-36,46,49,52H,19-22H2,1-8H3,(H,44,51)/t27-,28+,29+,30-,34+,35?,36+,41-,42+,43-/m1/s1. The van der Waals surface area contributed by atoms with Gasteiger partial charge in [0.1, 0.15) is 35.6 Å². The van der Waals surface area contributed by atoms with Crippen LogP contribution in [0.4, 0.5) is 4.79 Å². The molecule has 3 fully saturated rings. The molecule has 57 heavy (non-hydrogen) atoms. The summed E-state index contributed by atoms with van der Waals surface area (Å²) in [5.41, 5.74) is -7.38. The fraction of sp³-hybridized carbons (Fsp3) is 0.558. The highest BCUT2D eigenvalue weighted by atomic mass is 16.6. The van der Waals surface area contributed by atoms with Crippen LogP contribution < -0.4 is 5.32 Å². The van der Waals surface area contributed by atoms with Crippen molar-refractivity contribution >= 4 is 29.8 Å². The number of carbonyl (C=O) groups excluding carboxylic acids is 5. The Morgan fingerprint density at radius 2 is 1.58 bits per heavy atom. The number of alkyl carbamates (subject to hydrolysis) is 1. The Hall–Kier alpha value is -4.63. The first-order valence-corrected chi connectivity index (χ1v) is 19.2. The Morgan fingerprint density at radius 3 is 2.14 bits per heavy atom. The predicted octanol–water partition coefficient (Wildman–Crippen LogP) is 4.29. The number of aliphatic hydroxyl groups is 3. The topological polar surface area (TPSA) is 204 Å². The van der Waals surface area contributed by atoms with Gasteiger partial charge in [0, 0.05) is 36.2 Å². The Morgan fingerprint density at radius 1 is 0.965 bits per heavy atom. The number of hydrogen-bond donors (Lipinski definition) is 4. The van der Waals surface area contributed by atoms with Crippen molar-refractivity contribution in [3.63, 3.8) is 0 Å². The van der Waals surface area contributed by atoms with Gasteiger partial charge in [-0.15, -0.1) is 0 Å². The maximum absolute atomic E-state index is 14.8. The summed E-state index contributed by atoms with van der Waals surface area (Å²) in [6.07, 6.45) is -9.09. The first kappa shape index (κ1) is 42.0. The average Bonchev–Trinajstić information content (AvgIpc) is 3.12. The minimum atomic E-state index is -2.28. The molecule has 4 aliphatic rings. The lowest BCUT2D eigenvalue weighted by Gasteiger charge is -2.68. The zero-order valence-electron chi connectivity index (χ0n) is 33.6. The van der Waals surface area contributed by atoms with Crippen LogP contribution in [0.15, 0.2) is 71.8 Å². The van der Waals surface area contributed by atoms with Crippen LogP contribution in [0.5, 0.6) is 0 Å². The second-order valence-corrected chi connectivity index (χ2v) is 17.5. The van der Waals surface area contributed by atoms with Crippen molar-refractivity contribution < 1.29 is 63.0 Å². The Bertz CT molecular complexity index is 1940. The zero-order chi connectivity index (χ0) is 41.9. The zero-order valence-corrected chi connectivity index (χ0v) is 33.6. The van der Waals surface area contributed by atoms with Crippen LogP contribution in [0.1, 0.15) is 96.6 Å². The molecule has 308 valence electrons. The van der Waals surface area contributed by atoms with Gasteiger partial charge in [-0.05, 0) is 51.0 Å². The number of fused-ring (bicyclic) bond motifs is 5. The summed E-state index contributed by atoms with van der Waals surface area (Å²) in [7, 11) is 0. The smallest absolute Gasteiger partial charge is 0.408 e. The van der Waals surface area contributed by atoms with Gasteiger partial charge in [-0.3, -0.25) is 14.4 Å². The van der Waals surface area contributed by atoms with Crippen molar-refractivity contribution in [3.05, 3.63) is 82.9 Å². The molecule has 14 nitrogen and oxygen atoms in total. The maximum atomic E-state index is 14.8. The lowest BCUT2D eigenvalue weighted by atomic mass is 9.44. The van der Waals surface area contributed by atoms with Crippen LogP contribution >= 0.6 is 0 Å². The second kappa shape index (κ2) is 14.9. The number of amides is 1. The number of benzene rings is 2. The number of Topliss-reactive ketones (excluding diaryl/α,β-unsaturated/α-hetero) is 1. The third-order valence-electron chi connectivity index (χ3n) is 12.5. The van der Waals surface area contributed by atoms with Crippen LogP contribution in [0.2, 0.25) is 0 Å². The minimum absolute atomic E-state index is 0.0748. The van der Waals surface area contributed by atoms with Gasteiger partial charge in [-0.2, -0.15) is 0 Å². The van der Waals surface area contributed by atoms with E-state index in [1.54, 1.807) is 90.1 Å². The summed E-state index contributed by atoms with van der Waals surface area (Å²) >= 11 is 0. The molecule has 10 atom stereocenters. The van der Waals surface area contributed by atoms with E-state index in [-0.39, 0.29) is 36.2 Å². The van der Waals surface area contributed by atoms with Crippen LogP contribution in [-0.4, -0.2) is 99.0 Å². The van der Waals surface area contributed by atoms with Crippen LogP contribution in [-0.2, 0) is 38.1 Å². The van der Waals surface area contributed by atoms with Gasteiger partial charge < -0.3 is 44.3 Å². The van der Waals surface area contributed by atoms with E-state index in [1.165, 1.54) is 26.0 Å². The SMILES string of the molecule is CC(=O)O[C@@]12CO[C@@H]1C[C@H](O)[C@@]1(C)C(O)C(=O)C3=C(C)[C@@H](OC(=O)C[C@@H](NC(=O)OC(C)(C)C)c4ccccc4)C[C@@](O)([C@@H](OC(=O)c4ccccc4)[C@H]21)C3(C)C. The fourth-order valence-corrected chi connectivity index (χ4v) is 9.52. The molecule has 14 heteroatoms. The second-order valence-electron chi connectivity index (χ2n) is 17.5. The molecule has 3 aliphatic carbocycles. The molecule has 4 N–H and O–H groups in total. The van der Waals surface area contributed by atoms with Gasteiger partial charge in [0.15, 0.2) is 11.4 Å². The number of ether oxygens (including phenoxy) is 5. The van der Waals surface area contributed by atoms with E-state index in [9.17, 15) is 39.3 Å². The summed E-state index contributed by atoms with van der Waals surface area (Å²) in [6.45, 7) is 12.2. The average molecular weight is 792 g/mol. The molecule has 1 aliphatic heterocycles. The van der Waals surface area contributed by atoms with E-state index < -0.39 is 106 Å². The number of aliphatic hydroxyl groups excluding tert-OH is 2. The van der Waals surface area contributed by atoms with Gasteiger partial charge >= 0.3 is 24.0 Å². The minimum Gasteiger partial charge on any atom is -0.458 e. The summed E-state index contributed by atoms with van der Waals surface area (Å²) < 4.78 is 29.8. The van der Waals surface area contributed by atoms with Crippen molar-refractivity contribution in [1.29, 1.82) is 0 Å². The van der Waals surface area contributed by atoms with E-state index in [1.807, 2.05) is 0 Å². The highest BCUT2D eigenvalue weighted by Crippen LogP contribution is 2.64. The maximum Gasteiger partial charge on any atom is 0.408 e. The normalized spacial score (nSPS) is 33.5. The number of carbonyl (C=O) groups is 5. The van der Waals surface area contributed by atoms with Gasteiger partial charge in [-0.1, -0.05) is 69.3 Å². The first-order valence-electron chi connectivity index (χ1n) is 19.2. The number of esters is 3. The molecule has 0 spiro atoms. The first-order chi connectivity index (χ1) is 26.6. The quantitative estimate of drug-likeness (QED) is 0.218.